The summed E-state index contributed by atoms with van der Waals surface area (Å²) in [5.74, 6) is -1.01. The van der Waals surface area contributed by atoms with E-state index in [0.717, 1.165) is 6.42 Å². The molecule has 0 aliphatic carbocycles. The second kappa shape index (κ2) is 8.29. The summed E-state index contributed by atoms with van der Waals surface area (Å²) in [5, 5.41) is 11.3. The Morgan fingerprint density at radius 2 is 2.00 bits per heavy atom. The number of carboxylic acids is 1. The number of nitrogens with one attached hydrogen (secondary N) is 1. The van der Waals surface area contributed by atoms with Crippen molar-refractivity contribution in [3.8, 4) is 0 Å². The number of carboxylic acid groups (broad SMARTS) is 1. The van der Waals surface area contributed by atoms with Crippen molar-refractivity contribution in [2.24, 2.45) is 0 Å². The number of hydrogen-bond acceptors (Lipinski definition) is 2. The van der Waals surface area contributed by atoms with E-state index < -0.39 is 5.97 Å². The summed E-state index contributed by atoms with van der Waals surface area (Å²) in [7, 11) is 3.70. The molecule has 16 heavy (non-hydrogen) atoms. The van der Waals surface area contributed by atoms with Crippen molar-refractivity contribution >= 4 is 11.9 Å². The van der Waals surface area contributed by atoms with Gasteiger partial charge in [-0.25, -0.2) is 4.79 Å². The SMILES string of the molecule is C=CC(=O)NCCC[N+](C)(C)CC(=O)O.[Br-]. The molecule has 0 aliphatic rings. The molecule has 0 rings (SSSR count). The van der Waals surface area contributed by atoms with Crippen LogP contribution in [0.25, 0.3) is 0 Å². The van der Waals surface area contributed by atoms with E-state index in [9.17, 15) is 9.59 Å². The van der Waals surface area contributed by atoms with Crippen LogP contribution in [0.5, 0.6) is 0 Å². The highest BCUT2D eigenvalue weighted by Gasteiger charge is 2.18. The predicted octanol–water partition coefficient (Wildman–Crippen LogP) is -3.16. The lowest BCUT2D eigenvalue weighted by atomic mass is 10.3. The van der Waals surface area contributed by atoms with Crippen LogP contribution in [0.1, 0.15) is 6.42 Å². The van der Waals surface area contributed by atoms with Gasteiger partial charge in [-0.15, -0.1) is 0 Å². The van der Waals surface area contributed by atoms with Crippen molar-refractivity contribution < 1.29 is 36.2 Å². The van der Waals surface area contributed by atoms with Crippen LogP contribution in [0.2, 0.25) is 0 Å². The van der Waals surface area contributed by atoms with Crippen molar-refractivity contribution in [2.45, 2.75) is 6.42 Å². The Labute approximate surface area is 106 Å². The van der Waals surface area contributed by atoms with E-state index in [-0.39, 0.29) is 29.4 Å². The van der Waals surface area contributed by atoms with Gasteiger partial charge in [0.15, 0.2) is 6.54 Å². The standard InChI is InChI=1S/C10H18N2O3.BrH/c1-4-9(13)11-6-5-7-12(2,3)8-10(14)15;/h4H,1,5-8H2,2-3H3,(H-,11,13,14,15);1H. The van der Waals surface area contributed by atoms with Gasteiger partial charge in [0, 0.05) is 13.0 Å². The molecule has 0 aromatic heterocycles. The summed E-state index contributed by atoms with van der Waals surface area (Å²) in [6.45, 7) is 4.69. The second-order valence-corrected chi connectivity index (χ2v) is 4.06. The van der Waals surface area contributed by atoms with Crippen LogP contribution >= 0.6 is 0 Å². The third-order valence-electron chi connectivity index (χ3n) is 1.99. The van der Waals surface area contributed by atoms with E-state index in [2.05, 4.69) is 11.9 Å². The van der Waals surface area contributed by atoms with Crippen LogP contribution in [0.4, 0.5) is 0 Å². The third-order valence-corrected chi connectivity index (χ3v) is 1.99. The monoisotopic (exact) mass is 294 g/mol. The average molecular weight is 295 g/mol. The molecule has 0 atom stereocenters. The van der Waals surface area contributed by atoms with Gasteiger partial charge in [-0.2, -0.15) is 0 Å². The number of nitrogens with zero attached hydrogens (tertiary/aromatic N) is 1. The van der Waals surface area contributed by atoms with Gasteiger partial charge in [-0.05, 0) is 6.08 Å². The molecule has 0 bridgehead atoms. The third kappa shape index (κ3) is 9.67. The molecule has 0 aromatic carbocycles. The number of carbonyl (C=O) groups is 2. The molecular weight excluding hydrogens is 276 g/mol. The molecule has 6 heteroatoms. The normalized spacial score (nSPS) is 10.1. The first-order chi connectivity index (χ1) is 6.87. The number of halogens is 1. The Morgan fingerprint density at radius 1 is 1.44 bits per heavy atom. The van der Waals surface area contributed by atoms with Crippen LogP contribution in [0, 0.1) is 0 Å². The smallest absolute Gasteiger partial charge is 0.359 e. The first-order valence-electron chi connectivity index (χ1n) is 4.81. The maximum atomic E-state index is 10.8. The molecular formula is C10H19BrN2O3. The molecule has 94 valence electrons. The zero-order valence-electron chi connectivity index (χ0n) is 9.70. The number of quaternary nitrogens is 1. The lowest BCUT2D eigenvalue weighted by Crippen LogP contribution is -3.00. The minimum atomic E-state index is -0.810. The van der Waals surface area contributed by atoms with Gasteiger partial charge in [-0.3, -0.25) is 4.79 Å². The minimum Gasteiger partial charge on any atom is -1.00 e. The minimum absolute atomic E-state index is 0. The molecule has 0 unspecified atom stereocenters. The summed E-state index contributed by atoms with van der Waals surface area (Å²) in [5.41, 5.74) is 0. The van der Waals surface area contributed by atoms with Gasteiger partial charge in [-0.1, -0.05) is 6.58 Å². The fraction of sp³-hybridized carbons (Fsp3) is 0.600. The Bertz CT molecular complexity index is 254. The fourth-order valence-corrected chi connectivity index (χ4v) is 1.24. The van der Waals surface area contributed by atoms with Crippen molar-refractivity contribution in [1.82, 2.24) is 5.32 Å². The number of likely N-dealkylation sites (N-methyl/N-ethyl adjacent to an activating group) is 1. The van der Waals surface area contributed by atoms with Crippen molar-refractivity contribution in [3.63, 3.8) is 0 Å². The summed E-state index contributed by atoms with van der Waals surface area (Å²) < 4.78 is 0.416. The van der Waals surface area contributed by atoms with Gasteiger partial charge in [0.05, 0.1) is 20.6 Å². The summed E-state index contributed by atoms with van der Waals surface area (Å²) in [4.78, 5) is 21.3. The van der Waals surface area contributed by atoms with E-state index in [1.165, 1.54) is 6.08 Å². The number of rotatable bonds is 7. The number of aliphatic carboxylic acids is 1. The highest BCUT2D eigenvalue weighted by Crippen LogP contribution is 1.98. The van der Waals surface area contributed by atoms with E-state index in [0.29, 0.717) is 17.6 Å². The zero-order chi connectivity index (χ0) is 11.9. The second-order valence-electron chi connectivity index (χ2n) is 4.06. The number of carbonyl (C=O) groups excluding carboxylic acids is 1. The molecule has 0 heterocycles. The Kier molecular flexibility index (Phi) is 9.08. The Morgan fingerprint density at radius 3 is 2.44 bits per heavy atom. The van der Waals surface area contributed by atoms with Gasteiger partial charge < -0.3 is 31.9 Å². The molecule has 0 aliphatic heterocycles. The molecule has 1 amide bonds. The average Bonchev–Trinajstić information content (AvgIpc) is 2.10. The molecule has 2 N–H and O–H groups in total. The van der Waals surface area contributed by atoms with E-state index in [1.807, 2.05) is 14.1 Å². The molecule has 0 saturated heterocycles. The molecule has 0 fully saturated rings. The van der Waals surface area contributed by atoms with Crippen LogP contribution in [0.3, 0.4) is 0 Å². The first kappa shape index (κ1) is 17.5. The van der Waals surface area contributed by atoms with Gasteiger partial charge in [0.1, 0.15) is 0 Å². The fourth-order valence-electron chi connectivity index (χ4n) is 1.24. The largest absolute Gasteiger partial charge is 1.00 e. The van der Waals surface area contributed by atoms with Crippen LogP contribution in [-0.4, -0.2) is 55.2 Å². The van der Waals surface area contributed by atoms with E-state index in [1.54, 1.807) is 0 Å². The topological polar surface area (TPSA) is 66.4 Å². The molecule has 0 radical (unpaired) electrons. The Balaban J connectivity index is 0. The van der Waals surface area contributed by atoms with Gasteiger partial charge >= 0.3 is 5.97 Å². The molecule has 0 aromatic rings. The summed E-state index contributed by atoms with van der Waals surface area (Å²) in [6.07, 6.45) is 1.97. The van der Waals surface area contributed by atoms with Crippen LogP contribution in [0.15, 0.2) is 12.7 Å². The van der Waals surface area contributed by atoms with Crippen molar-refractivity contribution in [1.29, 1.82) is 0 Å². The molecule has 0 spiro atoms. The van der Waals surface area contributed by atoms with Crippen LogP contribution in [-0.2, 0) is 9.59 Å². The first-order valence-corrected chi connectivity index (χ1v) is 4.81. The lowest BCUT2D eigenvalue weighted by molar-refractivity contribution is -0.883. The number of amides is 1. The maximum absolute atomic E-state index is 10.8. The van der Waals surface area contributed by atoms with E-state index in [4.69, 9.17) is 5.11 Å². The lowest BCUT2D eigenvalue weighted by Gasteiger charge is -2.27. The van der Waals surface area contributed by atoms with Crippen LogP contribution < -0.4 is 22.3 Å². The van der Waals surface area contributed by atoms with Gasteiger partial charge in [0.2, 0.25) is 5.91 Å². The predicted molar refractivity (Wildman–Crippen MR) is 57.3 cm³/mol. The number of hydrogen-bond donors (Lipinski definition) is 2. The summed E-state index contributed by atoms with van der Waals surface area (Å²) in [6, 6.07) is 0. The molecule has 0 saturated carbocycles. The van der Waals surface area contributed by atoms with Crippen molar-refractivity contribution in [2.75, 3.05) is 33.7 Å². The Hall–Kier alpha value is -0.880. The molecule has 5 nitrogen and oxygen atoms in total. The maximum Gasteiger partial charge on any atom is 0.359 e. The van der Waals surface area contributed by atoms with Crippen molar-refractivity contribution in [3.05, 3.63) is 12.7 Å². The highest BCUT2D eigenvalue weighted by molar-refractivity contribution is 5.86. The van der Waals surface area contributed by atoms with Gasteiger partial charge in [0.25, 0.3) is 0 Å². The highest BCUT2D eigenvalue weighted by atomic mass is 79.9. The zero-order valence-corrected chi connectivity index (χ0v) is 11.3. The van der Waals surface area contributed by atoms with E-state index >= 15 is 0 Å². The quantitative estimate of drug-likeness (QED) is 0.296. The summed E-state index contributed by atoms with van der Waals surface area (Å²) >= 11 is 0.